The van der Waals surface area contributed by atoms with Crippen molar-refractivity contribution in [3.05, 3.63) is 29.8 Å². The van der Waals surface area contributed by atoms with Crippen molar-refractivity contribution in [1.82, 2.24) is 5.32 Å². The Kier molecular flexibility index (Phi) is 5.18. The molecule has 0 saturated heterocycles. The van der Waals surface area contributed by atoms with E-state index in [2.05, 4.69) is 12.2 Å². The van der Waals surface area contributed by atoms with Crippen LogP contribution in [0.2, 0.25) is 0 Å². The lowest BCUT2D eigenvalue weighted by molar-refractivity contribution is 0.285. The summed E-state index contributed by atoms with van der Waals surface area (Å²) in [7, 11) is -3.58. The van der Waals surface area contributed by atoms with Crippen molar-refractivity contribution < 1.29 is 8.42 Å². The maximum atomic E-state index is 11.2. The highest BCUT2D eigenvalue weighted by Gasteiger charge is 2.19. The Hall–Kier alpha value is -0.910. The molecule has 1 saturated carbocycles. The zero-order valence-corrected chi connectivity index (χ0v) is 12.8. The van der Waals surface area contributed by atoms with E-state index in [4.69, 9.17) is 5.14 Å². The standard InChI is InChI=1S/C15H24N2O2S/c1-2-12-3-7-14(8-4-12)17-11-13-5-9-15(10-6-13)20(16,18)19/h5-6,9-10,12,14,17H,2-4,7-8,11H2,1H3,(H2,16,18,19). The fourth-order valence-corrected chi connectivity index (χ4v) is 3.35. The normalized spacial score (nSPS) is 23.7. The summed E-state index contributed by atoms with van der Waals surface area (Å²) in [5.41, 5.74) is 1.09. The fraction of sp³-hybridized carbons (Fsp3) is 0.600. The molecule has 1 aromatic carbocycles. The van der Waals surface area contributed by atoms with E-state index in [-0.39, 0.29) is 4.90 Å². The zero-order valence-electron chi connectivity index (χ0n) is 12.0. The third-order valence-electron chi connectivity index (χ3n) is 4.27. The number of nitrogens with one attached hydrogen (secondary N) is 1. The van der Waals surface area contributed by atoms with Crippen molar-refractivity contribution in [3.63, 3.8) is 0 Å². The molecule has 0 heterocycles. The van der Waals surface area contributed by atoms with E-state index >= 15 is 0 Å². The summed E-state index contributed by atoms with van der Waals surface area (Å²) < 4.78 is 22.3. The SMILES string of the molecule is CCC1CCC(NCc2ccc(S(N)(=O)=O)cc2)CC1. The minimum atomic E-state index is -3.58. The van der Waals surface area contributed by atoms with Gasteiger partial charge in [0.1, 0.15) is 0 Å². The Bertz CT molecular complexity index is 517. The van der Waals surface area contributed by atoms with E-state index in [1.807, 2.05) is 12.1 Å². The molecule has 1 aromatic rings. The molecule has 0 unspecified atom stereocenters. The average molecular weight is 296 g/mol. The molecule has 2 rings (SSSR count). The van der Waals surface area contributed by atoms with Gasteiger partial charge in [0, 0.05) is 12.6 Å². The van der Waals surface area contributed by atoms with Crippen molar-refractivity contribution in [1.29, 1.82) is 0 Å². The Labute approximate surface area is 121 Å². The van der Waals surface area contributed by atoms with Crippen LogP contribution in [0, 0.1) is 5.92 Å². The predicted molar refractivity (Wildman–Crippen MR) is 80.7 cm³/mol. The van der Waals surface area contributed by atoms with Crippen LogP contribution in [-0.4, -0.2) is 14.5 Å². The number of sulfonamides is 1. The van der Waals surface area contributed by atoms with Gasteiger partial charge in [0.15, 0.2) is 0 Å². The quantitative estimate of drug-likeness (QED) is 0.876. The lowest BCUT2D eigenvalue weighted by Crippen LogP contribution is -2.32. The largest absolute Gasteiger partial charge is 0.310 e. The van der Waals surface area contributed by atoms with Gasteiger partial charge in [-0.15, -0.1) is 0 Å². The van der Waals surface area contributed by atoms with Crippen molar-refractivity contribution in [2.24, 2.45) is 11.1 Å². The number of nitrogens with two attached hydrogens (primary N) is 1. The van der Waals surface area contributed by atoms with Crippen LogP contribution in [0.3, 0.4) is 0 Å². The molecule has 0 radical (unpaired) electrons. The number of benzene rings is 1. The Balaban J connectivity index is 1.83. The van der Waals surface area contributed by atoms with Gasteiger partial charge in [-0.25, -0.2) is 13.6 Å². The summed E-state index contributed by atoms with van der Waals surface area (Å²) in [6.07, 6.45) is 6.42. The van der Waals surface area contributed by atoms with E-state index < -0.39 is 10.0 Å². The summed E-state index contributed by atoms with van der Waals surface area (Å²) in [6, 6.07) is 7.38. The van der Waals surface area contributed by atoms with Gasteiger partial charge in [-0.05, 0) is 49.3 Å². The summed E-state index contributed by atoms with van der Waals surface area (Å²) in [5.74, 6) is 0.905. The topological polar surface area (TPSA) is 72.2 Å². The van der Waals surface area contributed by atoms with Crippen LogP contribution < -0.4 is 10.5 Å². The summed E-state index contributed by atoms with van der Waals surface area (Å²) in [5, 5.41) is 8.64. The van der Waals surface area contributed by atoms with Gasteiger partial charge in [0.2, 0.25) is 10.0 Å². The highest BCUT2D eigenvalue weighted by molar-refractivity contribution is 7.89. The molecule has 0 aromatic heterocycles. The van der Waals surface area contributed by atoms with Crippen molar-refractivity contribution in [2.45, 2.75) is 56.5 Å². The first-order valence-corrected chi connectivity index (χ1v) is 8.88. The monoisotopic (exact) mass is 296 g/mol. The Morgan fingerprint density at radius 3 is 2.25 bits per heavy atom. The van der Waals surface area contributed by atoms with Crippen LogP contribution in [0.4, 0.5) is 0 Å². The highest BCUT2D eigenvalue weighted by atomic mass is 32.2. The van der Waals surface area contributed by atoms with E-state index in [1.54, 1.807) is 12.1 Å². The molecule has 4 nitrogen and oxygen atoms in total. The van der Waals surface area contributed by atoms with Gasteiger partial charge in [0.05, 0.1) is 4.90 Å². The van der Waals surface area contributed by atoms with Crippen molar-refractivity contribution in [2.75, 3.05) is 0 Å². The lowest BCUT2D eigenvalue weighted by atomic mass is 9.84. The third-order valence-corrected chi connectivity index (χ3v) is 5.20. The van der Waals surface area contributed by atoms with E-state index in [9.17, 15) is 8.42 Å². The molecule has 3 N–H and O–H groups in total. The Morgan fingerprint density at radius 1 is 1.15 bits per heavy atom. The average Bonchev–Trinajstić information content (AvgIpc) is 2.45. The molecule has 1 fully saturated rings. The van der Waals surface area contributed by atoms with Crippen molar-refractivity contribution >= 4 is 10.0 Å². The molecular formula is C15H24N2O2S. The first kappa shape index (κ1) is 15.5. The first-order valence-electron chi connectivity index (χ1n) is 7.34. The molecule has 1 aliphatic rings. The number of hydrogen-bond donors (Lipinski definition) is 2. The van der Waals surface area contributed by atoms with Gasteiger partial charge >= 0.3 is 0 Å². The van der Waals surface area contributed by atoms with Gasteiger partial charge in [-0.2, -0.15) is 0 Å². The minimum absolute atomic E-state index is 0.171. The van der Waals surface area contributed by atoms with Crippen LogP contribution in [0.5, 0.6) is 0 Å². The van der Waals surface area contributed by atoms with Gasteiger partial charge in [-0.1, -0.05) is 25.5 Å². The second-order valence-corrected chi connectivity index (χ2v) is 7.26. The molecule has 0 bridgehead atoms. The van der Waals surface area contributed by atoms with Crippen LogP contribution in [0.25, 0.3) is 0 Å². The summed E-state index contributed by atoms with van der Waals surface area (Å²) >= 11 is 0. The van der Waals surface area contributed by atoms with Gasteiger partial charge < -0.3 is 5.32 Å². The number of rotatable bonds is 5. The highest BCUT2D eigenvalue weighted by Crippen LogP contribution is 2.26. The van der Waals surface area contributed by atoms with Gasteiger partial charge in [-0.3, -0.25) is 0 Å². The second kappa shape index (κ2) is 6.70. The van der Waals surface area contributed by atoms with E-state index in [1.165, 1.54) is 32.1 Å². The molecule has 112 valence electrons. The van der Waals surface area contributed by atoms with Crippen LogP contribution in [0.15, 0.2) is 29.2 Å². The fourth-order valence-electron chi connectivity index (χ4n) is 2.83. The predicted octanol–water partition coefficient (Wildman–Crippen LogP) is 2.39. The molecule has 20 heavy (non-hydrogen) atoms. The maximum absolute atomic E-state index is 11.2. The molecule has 0 amide bonds. The lowest BCUT2D eigenvalue weighted by Gasteiger charge is -2.28. The molecular weight excluding hydrogens is 272 g/mol. The number of hydrogen-bond acceptors (Lipinski definition) is 3. The van der Waals surface area contributed by atoms with Crippen LogP contribution in [0.1, 0.15) is 44.6 Å². The minimum Gasteiger partial charge on any atom is -0.310 e. The molecule has 5 heteroatoms. The summed E-state index contributed by atoms with van der Waals surface area (Å²) in [4.78, 5) is 0.171. The zero-order chi connectivity index (χ0) is 14.6. The summed E-state index contributed by atoms with van der Waals surface area (Å²) in [6.45, 7) is 3.05. The molecule has 1 aliphatic carbocycles. The van der Waals surface area contributed by atoms with Crippen LogP contribution in [-0.2, 0) is 16.6 Å². The molecule has 0 aliphatic heterocycles. The van der Waals surface area contributed by atoms with Crippen molar-refractivity contribution in [3.8, 4) is 0 Å². The molecule has 0 spiro atoms. The number of primary sulfonamides is 1. The van der Waals surface area contributed by atoms with Crippen LogP contribution >= 0.6 is 0 Å². The smallest absolute Gasteiger partial charge is 0.238 e. The Morgan fingerprint density at radius 2 is 1.75 bits per heavy atom. The van der Waals surface area contributed by atoms with Gasteiger partial charge in [0.25, 0.3) is 0 Å². The van der Waals surface area contributed by atoms with E-state index in [0.29, 0.717) is 6.04 Å². The maximum Gasteiger partial charge on any atom is 0.238 e. The third kappa shape index (κ3) is 4.30. The second-order valence-electron chi connectivity index (χ2n) is 5.70. The van der Waals surface area contributed by atoms with E-state index in [0.717, 1.165) is 18.0 Å². The first-order chi connectivity index (χ1) is 9.49. The molecule has 0 atom stereocenters.